The van der Waals surface area contributed by atoms with Crippen molar-refractivity contribution in [3.63, 3.8) is 0 Å². The molecule has 0 saturated heterocycles. The zero-order chi connectivity index (χ0) is 16.6. The number of fused-ring (bicyclic) bond motifs is 1. The second-order valence-electron chi connectivity index (χ2n) is 8.30. The van der Waals surface area contributed by atoms with Gasteiger partial charge in [0.15, 0.2) is 5.82 Å². The second-order valence-corrected chi connectivity index (χ2v) is 10.1. The summed E-state index contributed by atoms with van der Waals surface area (Å²) >= 11 is 5.29. The molecule has 4 fully saturated rings. The molecule has 0 unspecified atom stereocenters. The Morgan fingerprint density at radius 2 is 1.68 bits per heavy atom. The highest BCUT2D eigenvalue weighted by atomic mass is 79.9. The molecular formula is C19H19BrN4S. The van der Waals surface area contributed by atoms with Crippen molar-refractivity contribution >= 4 is 32.2 Å². The number of benzene rings is 1. The first-order valence-corrected chi connectivity index (χ1v) is 10.8. The lowest BCUT2D eigenvalue weighted by atomic mass is 9.49. The maximum atomic E-state index is 4.94. The molecule has 25 heavy (non-hydrogen) atoms. The Bertz CT molecular complexity index is 940. The molecule has 4 aliphatic carbocycles. The molecule has 4 saturated carbocycles. The Morgan fingerprint density at radius 3 is 2.36 bits per heavy atom. The fraction of sp³-hybridized carbons (Fsp3) is 0.526. The lowest BCUT2D eigenvalue weighted by Gasteiger charge is -2.55. The molecule has 0 amide bonds. The van der Waals surface area contributed by atoms with Gasteiger partial charge in [-0.2, -0.15) is 9.61 Å². The molecule has 1 aromatic carbocycles. The van der Waals surface area contributed by atoms with Gasteiger partial charge in [0, 0.05) is 15.5 Å². The van der Waals surface area contributed by atoms with Crippen LogP contribution in [0.25, 0.3) is 15.5 Å². The van der Waals surface area contributed by atoms with Crippen LogP contribution in [0.5, 0.6) is 0 Å². The van der Waals surface area contributed by atoms with Crippen molar-refractivity contribution in [1.82, 2.24) is 19.8 Å². The van der Waals surface area contributed by atoms with Crippen molar-refractivity contribution in [2.24, 2.45) is 17.8 Å². The molecule has 128 valence electrons. The zero-order valence-electron chi connectivity index (χ0n) is 13.9. The largest absolute Gasteiger partial charge is 0.235 e. The number of halogens is 1. The van der Waals surface area contributed by atoms with Gasteiger partial charge in [0.1, 0.15) is 5.01 Å². The first-order chi connectivity index (χ1) is 12.2. The molecule has 6 heteroatoms. The lowest BCUT2D eigenvalue weighted by molar-refractivity contribution is -0.0103. The summed E-state index contributed by atoms with van der Waals surface area (Å²) in [5, 5.41) is 15.1. The van der Waals surface area contributed by atoms with E-state index in [0.29, 0.717) is 0 Å². The predicted molar refractivity (Wildman–Crippen MR) is 102 cm³/mol. The highest BCUT2D eigenvalue weighted by molar-refractivity contribution is 9.10. The van der Waals surface area contributed by atoms with Crippen LogP contribution in [0.2, 0.25) is 0 Å². The van der Waals surface area contributed by atoms with E-state index in [-0.39, 0.29) is 5.41 Å². The van der Waals surface area contributed by atoms with Crippen LogP contribution in [0, 0.1) is 17.8 Å². The highest BCUT2D eigenvalue weighted by Crippen LogP contribution is 2.60. The smallest absolute Gasteiger partial charge is 0.186 e. The summed E-state index contributed by atoms with van der Waals surface area (Å²) in [6.45, 7) is 0. The minimum Gasteiger partial charge on any atom is -0.186 e. The van der Waals surface area contributed by atoms with Crippen LogP contribution < -0.4 is 0 Å². The predicted octanol–water partition coefficient (Wildman–Crippen LogP) is 5.08. The molecule has 4 bridgehead atoms. The first kappa shape index (κ1) is 14.9. The molecule has 7 rings (SSSR count). The molecule has 3 aromatic rings. The fourth-order valence-corrected chi connectivity index (χ4v) is 7.56. The third kappa shape index (κ3) is 2.13. The number of hydrogen-bond acceptors (Lipinski definition) is 4. The van der Waals surface area contributed by atoms with Crippen molar-refractivity contribution < 1.29 is 0 Å². The van der Waals surface area contributed by atoms with Gasteiger partial charge < -0.3 is 0 Å². The number of hydrogen-bond donors (Lipinski definition) is 0. The second kappa shape index (κ2) is 5.13. The van der Waals surface area contributed by atoms with E-state index in [1.54, 1.807) is 11.3 Å². The van der Waals surface area contributed by atoms with Crippen LogP contribution in [0.4, 0.5) is 0 Å². The van der Waals surface area contributed by atoms with Crippen LogP contribution in [0.1, 0.15) is 44.3 Å². The van der Waals surface area contributed by atoms with Gasteiger partial charge in [0.05, 0.1) is 0 Å². The van der Waals surface area contributed by atoms with Crippen LogP contribution in [0.3, 0.4) is 0 Å². The molecule has 2 heterocycles. The molecule has 0 spiro atoms. The fourth-order valence-electron chi connectivity index (χ4n) is 6.08. The Kier molecular flexibility index (Phi) is 3.05. The van der Waals surface area contributed by atoms with Gasteiger partial charge in [-0.3, -0.25) is 0 Å². The van der Waals surface area contributed by atoms with Gasteiger partial charge in [-0.25, -0.2) is 0 Å². The monoisotopic (exact) mass is 414 g/mol. The van der Waals surface area contributed by atoms with Crippen LogP contribution in [-0.2, 0) is 5.41 Å². The van der Waals surface area contributed by atoms with Crippen molar-refractivity contribution in [3.8, 4) is 10.6 Å². The van der Waals surface area contributed by atoms with Gasteiger partial charge in [-0.05, 0) is 62.3 Å². The number of rotatable bonds is 2. The van der Waals surface area contributed by atoms with E-state index in [9.17, 15) is 0 Å². The first-order valence-electron chi connectivity index (χ1n) is 9.18. The SMILES string of the molecule is Brc1ccccc1-c1nn2c(C34CC5CC(CC(C5)C3)C4)nnc2s1. The Balaban J connectivity index is 1.48. The molecule has 0 radical (unpaired) electrons. The van der Waals surface area contributed by atoms with E-state index in [0.717, 1.165) is 43.6 Å². The Hall–Kier alpha value is -1.27. The number of nitrogens with zero attached hydrogens (tertiary/aromatic N) is 4. The van der Waals surface area contributed by atoms with E-state index in [1.165, 1.54) is 38.5 Å². The topological polar surface area (TPSA) is 43.1 Å². The molecule has 4 aliphatic rings. The van der Waals surface area contributed by atoms with Gasteiger partial charge in [-0.15, -0.1) is 10.2 Å². The lowest BCUT2D eigenvalue weighted by Crippen LogP contribution is -2.49. The van der Waals surface area contributed by atoms with Crippen LogP contribution in [0.15, 0.2) is 28.7 Å². The molecule has 4 nitrogen and oxygen atoms in total. The van der Waals surface area contributed by atoms with Crippen molar-refractivity contribution in [2.45, 2.75) is 43.9 Å². The summed E-state index contributed by atoms with van der Waals surface area (Å²) in [7, 11) is 0. The van der Waals surface area contributed by atoms with Crippen molar-refractivity contribution in [3.05, 3.63) is 34.6 Å². The molecule has 0 aliphatic heterocycles. The zero-order valence-corrected chi connectivity index (χ0v) is 16.3. The molecule has 2 aromatic heterocycles. The summed E-state index contributed by atoms with van der Waals surface area (Å²) in [5.74, 6) is 3.84. The minimum atomic E-state index is 0.230. The van der Waals surface area contributed by atoms with Crippen molar-refractivity contribution in [1.29, 1.82) is 0 Å². The normalized spacial score (nSPS) is 33.4. The molecular weight excluding hydrogens is 396 g/mol. The summed E-state index contributed by atoms with van der Waals surface area (Å²) in [6, 6.07) is 8.27. The van der Waals surface area contributed by atoms with E-state index >= 15 is 0 Å². The minimum absolute atomic E-state index is 0.230. The maximum Gasteiger partial charge on any atom is 0.235 e. The van der Waals surface area contributed by atoms with E-state index in [1.807, 2.05) is 6.07 Å². The summed E-state index contributed by atoms with van der Waals surface area (Å²) in [5.41, 5.74) is 1.36. The van der Waals surface area contributed by atoms with E-state index < -0.39 is 0 Å². The Morgan fingerprint density at radius 1 is 1.00 bits per heavy atom. The highest BCUT2D eigenvalue weighted by Gasteiger charge is 2.54. The summed E-state index contributed by atoms with van der Waals surface area (Å²) in [4.78, 5) is 0.927. The van der Waals surface area contributed by atoms with E-state index in [2.05, 4.69) is 48.8 Å². The van der Waals surface area contributed by atoms with Gasteiger partial charge >= 0.3 is 0 Å². The molecule has 0 N–H and O–H groups in total. The van der Waals surface area contributed by atoms with Crippen LogP contribution in [-0.4, -0.2) is 19.8 Å². The van der Waals surface area contributed by atoms with E-state index in [4.69, 9.17) is 5.10 Å². The Labute approximate surface area is 158 Å². The molecule has 0 atom stereocenters. The number of aromatic nitrogens is 4. The van der Waals surface area contributed by atoms with Crippen LogP contribution >= 0.6 is 27.3 Å². The standard InChI is InChI=1S/C19H19BrN4S/c20-15-4-2-1-3-14(15)16-23-24-17(21-22-18(24)25-16)19-8-11-5-12(9-19)7-13(6-11)10-19/h1-4,11-13H,5-10H2. The summed E-state index contributed by atoms with van der Waals surface area (Å²) in [6.07, 6.45) is 8.21. The van der Waals surface area contributed by atoms with Crippen molar-refractivity contribution in [2.75, 3.05) is 0 Å². The summed E-state index contributed by atoms with van der Waals surface area (Å²) < 4.78 is 3.14. The average Bonchev–Trinajstić information content (AvgIpc) is 3.14. The quantitative estimate of drug-likeness (QED) is 0.586. The van der Waals surface area contributed by atoms with Gasteiger partial charge in [0.2, 0.25) is 4.96 Å². The third-order valence-electron chi connectivity index (χ3n) is 6.61. The maximum absolute atomic E-state index is 4.94. The van der Waals surface area contributed by atoms with Gasteiger partial charge in [0.25, 0.3) is 0 Å². The van der Waals surface area contributed by atoms with Gasteiger partial charge in [-0.1, -0.05) is 45.5 Å². The average molecular weight is 415 g/mol. The third-order valence-corrected chi connectivity index (χ3v) is 8.23.